The summed E-state index contributed by atoms with van der Waals surface area (Å²) < 4.78 is 0. The summed E-state index contributed by atoms with van der Waals surface area (Å²) in [6.07, 6.45) is 8.06. The van der Waals surface area contributed by atoms with Crippen molar-refractivity contribution in [1.82, 2.24) is 15.3 Å². The number of aromatic carboxylic acids is 1. The number of imidazole rings is 1. The third-order valence-electron chi connectivity index (χ3n) is 4.54. The number of hydrogen-bond donors (Lipinski definition) is 3. The molecule has 2 aliphatic rings. The van der Waals surface area contributed by atoms with Gasteiger partial charge in [-0.1, -0.05) is 6.42 Å². The van der Waals surface area contributed by atoms with Gasteiger partial charge in [-0.15, -0.1) is 0 Å². The molecule has 0 aliphatic heterocycles. The highest BCUT2D eigenvalue weighted by Gasteiger charge is 2.43. The lowest BCUT2D eigenvalue weighted by Gasteiger charge is -2.41. The molecule has 108 valence electrons. The van der Waals surface area contributed by atoms with Crippen molar-refractivity contribution in [1.29, 1.82) is 0 Å². The molecule has 2 aliphatic carbocycles. The third kappa shape index (κ3) is 2.30. The standard InChI is InChI=1S/C14H19N3O3/c18-11(7-9-3-1-4-9)17-14(5-2-6-14)13-15-8-10(16-13)12(19)20/h8-9H,1-7H2,(H,15,16)(H,17,18)(H,19,20). The number of hydrogen-bond acceptors (Lipinski definition) is 3. The molecular formula is C14H19N3O3. The summed E-state index contributed by atoms with van der Waals surface area (Å²) in [6, 6.07) is 0. The van der Waals surface area contributed by atoms with Crippen LogP contribution in [0, 0.1) is 5.92 Å². The second kappa shape index (κ2) is 4.92. The van der Waals surface area contributed by atoms with E-state index in [1.54, 1.807) is 0 Å². The Labute approximate surface area is 117 Å². The van der Waals surface area contributed by atoms with Gasteiger partial charge in [-0.25, -0.2) is 9.78 Å². The molecule has 20 heavy (non-hydrogen) atoms. The number of carbonyl (C=O) groups is 2. The number of H-pyrrole nitrogens is 1. The number of carboxylic acids is 1. The predicted octanol–water partition coefficient (Wildman–Crippen LogP) is 1.79. The van der Waals surface area contributed by atoms with E-state index in [1.807, 2.05) is 0 Å². The summed E-state index contributed by atoms with van der Waals surface area (Å²) in [5.74, 6) is 0.128. The van der Waals surface area contributed by atoms with Crippen LogP contribution in [-0.2, 0) is 10.3 Å². The van der Waals surface area contributed by atoms with Crippen molar-refractivity contribution in [3.05, 3.63) is 17.7 Å². The second-order valence-electron chi connectivity index (χ2n) is 5.94. The van der Waals surface area contributed by atoms with Crippen LogP contribution in [-0.4, -0.2) is 27.0 Å². The maximum atomic E-state index is 12.1. The Morgan fingerprint density at radius 1 is 1.40 bits per heavy atom. The molecule has 3 rings (SSSR count). The van der Waals surface area contributed by atoms with Crippen LogP contribution in [0.15, 0.2) is 6.20 Å². The zero-order valence-electron chi connectivity index (χ0n) is 11.3. The summed E-state index contributed by atoms with van der Waals surface area (Å²) in [5.41, 5.74) is -0.409. The van der Waals surface area contributed by atoms with E-state index >= 15 is 0 Å². The van der Waals surface area contributed by atoms with Crippen molar-refractivity contribution in [2.24, 2.45) is 5.92 Å². The number of carbonyl (C=O) groups excluding carboxylic acids is 1. The molecule has 0 aromatic carbocycles. The van der Waals surface area contributed by atoms with E-state index in [1.165, 1.54) is 12.6 Å². The number of aromatic nitrogens is 2. The average Bonchev–Trinajstić information content (AvgIpc) is 2.78. The molecule has 6 nitrogen and oxygen atoms in total. The number of rotatable bonds is 5. The van der Waals surface area contributed by atoms with Crippen LogP contribution in [0.1, 0.15) is 61.3 Å². The number of carboxylic acid groups (broad SMARTS) is 1. The molecule has 2 fully saturated rings. The van der Waals surface area contributed by atoms with Crippen LogP contribution in [0.5, 0.6) is 0 Å². The minimum atomic E-state index is -1.03. The first kappa shape index (κ1) is 13.1. The molecule has 0 atom stereocenters. The Morgan fingerprint density at radius 3 is 2.60 bits per heavy atom. The van der Waals surface area contributed by atoms with E-state index in [-0.39, 0.29) is 11.6 Å². The van der Waals surface area contributed by atoms with Gasteiger partial charge >= 0.3 is 5.97 Å². The molecular weight excluding hydrogens is 258 g/mol. The number of nitrogens with zero attached hydrogens (tertiary/aromatic N) is 1. The maximum Gasteiger partial charge on any atom is 0.353 e. The largest absolute Gasteiger partial charge is 0.477 e. The fraction of sp³-hybridized carbons (Fsp3) is 0.643. The van der Waals surface area contributed by atoms with Gasteiger partial charge in [-0.3, -0.25) is 4.79 Å². The lowest BCUT2D eigenvalue weighted by Crippen LogP contribution is -2.52. The highest BCUT2D eigenvalue weighted by molar-refractivity contribution is 5.85. The van der Waals surface area contributed by atoms with Crippen molar-refractivity contribution in [2.45, 2.75) is 50.5 Å². The molecule has 0 radical (unpaired) electrons. The SMILES string of the molecule is O=C(CC1CCC1)NC1(c2ncc(C(=O)O)[nH]2)CCC1. The van der Waals surface area contributed by atoms with Gasteiger partial charge in [-0.05, 0) is 38.0 Å². The molecule has 1 amide bonds. The molecule has 3 N–H and O–H groups in total. The molecule has 1 aromatic heterocycles. The quantitative estimate of drug-likeness (QED) is 0.764. The Balaban J connectivity index is 1.69. The summed E-state index contributed by atoms with van der Waals surface area (Å²) in [4.78, 5) is 30.0. The lowest BCUT2D eigenvalue weighted by molar-refractivity contribution is -0.126. The molecule has 2 saturated carbocycles. The molecule has 0 unspecified atom stereocenters. The van der Waals surface area contributed by atoms with Crippen molar-refractivity contribution in [2.75, 3.05) is 0 Å². The zero-order valence-corrected chi connectivity index (χ0v) is 11.3. The first-order chi connectivity index (χ1) is 9.59. The van der Waals surface area contributed by atoms with Crippen molar-refractivity contribution >= 4 is 11.9 Å². The van der Waals surface area contributed by atoms with Crippen LogP contribution >= 0.6 is 0 Å². The minimum Gasteiger partial charge on any atom is -0.477 e. The molecule has 1 aromatic rings. The van der Waals surface area contributed by atoms with Crippen LogP contribution in [0.4, 0.5) is 0 Å². The van der Waals surface area contributed by atoms with E-state index < -0.39 is 11.5 Å². The third-order valence-corrected chi connectivity index (χ3v) is 4.54. The van der Waals surface area contributed by atoms with E-state index in [0.717, 1.165) is 32.1 Å². The lowest BCUT2D eigenvalue weighted by atomic mass is 9.75. The van der Waals surface area contributed by atoms with Gasteiger partial charge in [0.05, 0.1) is 11.7 Å². The van der Waals surface area contributed by atoms with Crippen molar-refractivity contribution in [3.8, 4) is 0 Å². The minimum absolute atomic E-state index is 0.0580. The smallest absolute Gasteiger partial charge is 0.353 e. The number of amides is 1. The van der Waals surface area contributed by atoms with Gasteiger partial charge in [0.25, 0.3) is 0 Å². The van der Waals surface area contributed by atoms with E-state index in [0.29, 0.717) is 18.2 Å². The van der Waals surface area contributed by atoms with Gasteiger partial charge < -0.3 is 15.4 Å². The summed E-state index contributed by atoms with van der Waals surface area (Å²) in [6.45, 7) is 0. The highest BCUT2D eigenvalue weighted by atomic mass is 16.4. The van der Waals surface area contributed by atoms with Gasteiger partial charge in [0, 0.05) is 6.42 Å². The van der Waals surface area contributed by atoms with Gasteiger partial charge in [-0.2, -0.15) is 0 Å². The van der Waals surface area contributed by atoms with E-state index in [4.69, 9.17) is 5.11 Å². The van der Waals surface area contributed by atoms with Crippen molar-refractivity contribution in [3.63, 3.8) is 0 Å². The Kier molecular flexibility index (Phi) is 3.23. The fourth-order valence-electron chi connectivity index (χ4n) is 2.90. The van der Waals surface area contributed by atoms with Gasteiger partial charge in [0.2, 0.25) is 5.91 Å². The first-order valence-corrected chi connectivity index (χ1v) is 7.19. The molecule has 0 saturated heterocycles. The van der Waals surface area contributed by atoms with Crippen LogP contribution in [0.2, 0.25) is 0 Å². The Morgan fingerprint density at radius 2 is 2.15 bits per heavy atom. The highest BCUT2D eigenvalue weighted by Crippen LogP contribution is 2.40. The Hall–Kier alpha value is -1.85. The molecule has 1 heterocycles. The zero-order chi connectivity index (χ0) is 14.2. The van der Waals surface area contributed by atoms with Crippen molar-refractivity contribution < 1.29 is 14.7 Å². The molecule has 0 spiro atoms. The fourth-order valence-corrected chi connectivity index (χ4v) is 2.90. The first-order valence-electron chi connectivity index (χ1n) is 7.19. The van der Waals surface area contributed by atoms with Crippen LogP contribution < -0.4 is 5.32 Å². The predicted molar refractivity (Wildman–Crippen MR) is 71.2 cm³/mol. The van der Waals surface area contributed by atoms with Crippen LogP contribution in [0.25, 0.3) is 0 Å². The summed E-state index contributed by atoms with van der Waals surface area (Å²) in [7, 11) is 0. The summed E-state index contributed by atoms with van der Waals surface area (Å²) in [5, 5.41) is 12.0. The average molecular weight is 277 g/mol. The number of aromatic amines is 1. The topological polar surface area (TPSA) is 95.1 Å². The van der Waals surface area contributed by atoms with E-state index in [9.17, 15) is 9.59 Å². The van der Waals surface area contributed by atoms with E-state index in [2.05, 4.69) is 15.3 Å². The number of nitrogens with one attached hydrogen (secondary N) is 2. The Bertz CT molecular complexity index is 530. The molecule has 0 bridgehead atoms. The van der Waals surface area contributed by atoms with Gasteiger partial charge in [0.1, 0.15) is 11.5 Å². The monoisotopic (exact) mass is 277 g/mol. The maximum absolute atomic E-state index is 12.1. The second-order valence-corrected chi connectivity index (χ2v) is 5.94. The van der Waals surface area contributed by atoms with Gasteiger partial charge in [0.15, 0.2) is 0 Å². The summed E-state index contributed by atoms with van der Waals surface area (Å²) >= 11 is 0. The van der Waals surface area contributed by atoms with Crippen LogP contribution in [0.3, 0.4) is 0 Å². The molecule has 6 heteroatoms. The normalized spacial score (nSPS) is 20.8.